The molecule has 2 aromatic rings. The summed E-state index contributed by atoms with van der Waals surface area (Å²) in [4.78, 5) is 40.2. The van der Waals surface area contributed by atoms with E-state index in [1.165, 1.54) is 41.5 Å². The Morgan fingerprint density at radius 2 is 1.80 bits per heavy atom. The van der Waals surface area contributed by atoms with E-state index in [0.717, 1.165) is 36.0 Å². The van der Waals surface area contributed by atoms with E-state index in [4.69, 9.17) is 9.97 Å². The molecule has 0 unspecified atom stereocenters. The molecule has 0 aromatic carbocycles. The van der Waals surface area contributed by atoms with Gasteiger partial charge >= 0.3 is 0 Å². The Kier molecular flexibility index (Phi) is 5.35. The highest BCUT2D eigenvalue weighted by atomic mass is 32.1. The Labute approximate surface area is 180 Å². The monoisotopic (exact) mass is 427 g/mol. The molecular formula is C22H29N5O2S. The average Bonchev–Trinajstić information content (AvgIpc) is 3.50. The van der Waals surface area contributed by atoms with Crippen LogP contribution in [0.2, 0.25) is 0 Å². The topological polar surface area (TPSA) is 78.4 Å². The van der Waals surface area contributed by atoms with Crippen molar-refractivity contribution in [2.45, 2.75) is 51.9 Å². The van der Waals surface area contributed by atoms with Crippen molar-refractivity contribution >= 4 is 39.2 Å². The Morgan fingerprint density at radius 1 is 1.07 bits per heavy atom. The largest absolute Gasteiger partial charge is 0.369 e. The van der Waals surface area contributed by atoms with Crippen LogP contribution in [0.4, 0.5) is 5.82 Å². The fraction of sp³-hybridized carbons (Fsp3) is 0.636. The van der Waals surface area contributed by atoms with E-state index >= 15 is 0 Å². The number of carbonyl (C=O) groups excluding carboxylic acids is 2. The number of aromatic nitrogens is 2. The van der Waals surface area contributed by atoms with Crippen molar-refractivity contribution in [2.24, 2.45) is 5.92 Å². The summed E-state index contributed by atoms with van der Waals surface area (Å²) >= 11 is 1.78. The van der Waals surface area contributed by atoms with Crippen LogP contribution in [-0.4, -0.2) is 64.3 Å². The Morgan fingerprint density at radius 3 is 2.53 bits per heavy atom. The molecule has 1 N–H and O–H groups in total. The highest BCUT2D eigenvalue weighted by molar-refractivity contribution is 7.19. The van der Waals surface area contributed by atoms with E-state index in [2.05, 4.69) is 5.32 Å². The maximum Gasteiger partial charge on any atom is 0.230 e. The van der Waals surface area contributed by atoms with Crippen LogP contribution < -0.4 is 5.32 Å². The van der Waals surface area contributed by atoms with E-state index in [1.807, 2.05) is 4.90 Å². The minimum absolute atomic E-state index is 0.0482. The zero-order chi connectivity index (χ0) is 20.7. The highest BCUT2D eigenvalue weighted by Crippen LogP contribution is 2.39. The molecule has 3 heterocycles. The number of nitrogens with one attached hydrogen (secondary N) is 1. The van der Waals surface area contributed by atoms with Gasteiger partial charge in [-0.2, -0.15) is 0 Å². The molecule has 0 radical (unpaired) electrons. The number of hydrogen-bond donors (Lipinski definition) is 1. The summed E-state index contributed by atoms with van der Waals surface area (Å²) in [5.41, 5.74) is 1.43. The third-order valence-electron chi connectivity index (χ3n) is 6.50. The number of piperazine rings is 1. The average molecular weight is 428 g/mol. The van der Waals surface area contributed by atoms with Gasteiger partial charge in [0.1, 0.15) is 16.5 Å². The molecule has 0 bridgehead atoms. The molecule has 1 aliphatic heterocycles. The number of anilines is 1. The second kappa shape index (κ2) is 8.13. The van der Waals surface area contributed by atoms with Crippen molar-refractivity contribution in [3.63, 3.8) is 0 Å². The van der Waals surface area contributed by atoms with Crippen LogP contribution in [0.15, 0.2) is 0 Å². The molecule has 1 saturated carbocycles. The van der Waals surface area contributed by atoms with Gasteiger partial charge in [-0.1, -0.05) is 0 Å². The number of fused-ring (bicyclic) bond motifs is 3. The maximum atomic E-state index is 12.9. The number of thiophene rings is 1. The first-order valence-corrected chi connectivity index (χ1v) is 12.0. The zero-order valence-corrected chi connectivity index (χ0v) is 18.4. The lowest BCUT2D eigenvalue weighted by molar-refractivity contribution is -0.138. The van der Waals surface area contributed by atoms with Gasteiger partial charge < -0.3 is 15.1 Å². The predicted molar refractivity (Wildman–Crippen MR) is 118 cm³/mol. The van der Waals surface area contributed by atoms with Crippen LogP contribution >= 0.6 is 11.3 Å². The Bertz CT molecular complexity index is 976. The summed E-state index contributed by atoms with van der Waals surface area (Å²) in [6, 6.07) is 0. The van der Waals surface area contributed by atoms with Crippen LogP contribution in [0.1, 0.15) is 48.9 Å². The molecule has 2 fully saturated rings. The van der Waals surface area contributed by atoms with Gasteiger partial charge in [-0.3, -0.25) is 9.59 Å². The first kappa shape index (κ1) is 19.7. The second-order valence-electron chi connectivity index (χ2n) is 8.77. The third-order valence-corrected chi connectivity index (χ3v) is 7.69. The molecule has 8 heteroatoms. The summed E-state index contributed by atoms with van der Waals surface area (Å²) in [7, 11) is 0. The lowest BCUT2D eigenvalue weighted by atomic mass is 9.97. The molecule has 7 nitrogen and oxygen atoms in total. The van der Waals surface area contributed by atoms with Gasteiger partial charge in [0, 0.05) is 44.5 Å². The molecule has 0 spiro atoms. The summed E-state index contributed by atoms with van der Waals surface area (Å²) in [5.74, 6) is 2.41. The first-order chi connectivity index (χ1) is 14.6. The van der Waals surface area contributed by atoms with Crippen LogP contribution in [0.5, 0.6) is 0 Å². The van der Waals surface area contributed by atoms with Gasteiger partial charge in [-0.05, 0) is 50.0 Å². The van der Waals surface area contributed by atoms with Gasteiger partial charge in [0.2, 0.25) is 11.8 Å². The molecule has 0 atom stereocenters. The molecule has 2 aromatic heterocycles. The van der Waals surface area contributed by atoms with Gasteiger partial charge in [0.25, 0.3) is 0 Å². The Balaban J connectivity index is 1.37. The normalized spacial score (nSPS) is 19.1. The predicted octanol–water partition coefficient (Wildman–Crippen LogP) is 2.63. The van der Waals surface area contributed by atoms with Gasteiger partial charge in [0.15, 0.2) is 0 Å². The summed E-state index contributed by atoms with van der Waals surface area (Å²) in [6.07, 6.45) is 7.52. The number of hydrogen-bond acceptors (Lipinski definition) is 6. The van der Waals surface area contributed by atoms with Gasteiger partial charge in [-0.25, -0.2) is 9.97 Å². The zero-order valence-electron chi connectivity index (χ0n) is 17.6. The van der Waals surface area contributed by atoms with Crippen molar-refractivity contribution < 1.29 is 9.59 Å². The van der Waals surface area contributed by atoms with Crippen LogP contribution in [-0.2, 0) is 28.9 Å². The lowest BCUT2D eigenvalue weighted by Gasteiger charge is -2.34. The number of nitrogens with zero attached hydrogens (tertiary/aromatic N) is 4. The van der Waals surface area contributed by atoms with Crippen molar-refractivity contribution in [2.75, 3.05) is 38.0 Å². The van der Waals surface area contributed by atoms with Crippen LogP contribution in [0.3, 0.4) is 0 Å². The summed E-state index contributed by atoms with van der Waals surface area (Å²) in [5, 5.41) is 4.78. The number of rotatable bonds is 5. The van der Waals surface area contributed by atoms with E-state index in [0.29, 0.717) is 32.0 Å². The number of aryl methyl sites for hydroxylation is 2. The Hall–Kier alpha value is -2.22. The molecular weight excluding hydrogens is 398 g/mol. The van der Waals surface area contributed by atoms with E-state index in [-0.39, 0.29) is 18.2 Å². The smallest absolute Gasteiger partial charge is 0.230 e. The van der Waals surface area contributed by atoms with E-state index < -0.39 is 0 Å². The number of amides is 2. The minimum Gasteiger partial charge on any atom is -0.369 e. The molecule has 1 saturated heterocycles. The molecule has 30 heavy (non-hydrogen) atoms. The molecule has 2 amide bonds. The third kappa shape index (κ3) is 4.02. The molecule has 3 aliphatic rings. The van der Waals surface area contributed by atoms with Crippen molar-refractivity contribution in [3.8, 4) is 0 Å². The second-order valence-corrected chi connectivity index (χ2v) is 9.85. The number of carbonyl (C=O) groups is 2. The summed E-state index contributed by atoms with van der Waals surface area (Å²) < 4.78 is 0. The lowest BCUT2D eigenvalue weighted by Crippen LogP contribution is -2.50. The summed E-state index contributed by atoms with van der Waals surface area (Å²) in [6.45, 7) is 4.91. The SMILES string of the molecule is CC(=O)N1CCN(C(=O)Cc2nc(NCC3CC3)c3c4c(sc3n2)CCCC4)CC1. The minimum atomic E-state index is 0.0482. The quantitative estimate of drug-likeness (QED) is 0.794. The highest BCUT2D eigenvalue weighted by Gasteiger charge is 2.26. The maximum absolute atomic E-state index is 12.9. The molecule has 5 rings (SSSR count). The van der Waals surface area contributed by atoms with Gasteiger partial charge in [0.05, 0.1) is 11.8 Å². The van der Waals surface area contributed by atoms with Gasteiger partial charge in [-0.15, -0.1) is 11.3 Å². The van der Waals surface area contributed by atoms with Crippen molar-refractivity contribution in [3.05, 3.63) is 16.3 Å². The van der Waals surface area contributed by atoms with E-state index in [9.17, 15) is 9.59 Å². The van der Waals surface area contributed by atoms with Crippen LogP contribution in [0.25, 0.3) is 10.2 Å². The standard InChI is InChI=1S/C22H29N5O2S/c1-14(28)26-8-10-27(11-9-26)19(29)12-18-24-21(23-13-15-6-7-15)20-16-4-2-3-5-17(16)30-22(20)25-18/h15H,2-13H2,1H3,(H,23,24,25). The molecule has 2 aliphatic carbocycles. The van der Waals surface area contributed by atoms with E-state index in [1.54, 1.807) is 23.2 Å². The molecule has 160 valence electrons. The van der Waals surface area contributed by atoms with Crippen molar-refractivity contribution in [1.82, 2.24) is 19.8 Å². The van der Waals surface area contributed by atoms with Crippen LogP contribution in [0, 0.1) is 5.92 Å². The fourth-order valence-corrected chi connectivity index (χ4v) is 5.77. The fourth-order valence-electron chi connectivity index (χ4n) is 4.49. The van der Waals surface area contributed by atoms with Crippen molar-refractivity contribution in [1.29, 1.82) is 0 Å². The first-order valence-electron chi connectivity index (χ1n) is 11.2.